The van der Waals surface area contributed by atoms with Gasteiger partial charge >= 0.3 is 0 Å². The lowest BCUT2D eigenvalue weighted by molar-refractivity contribution is 0.969. The second kappa shape index (κ2) is 4.77. The van der Waals surface area contributed by atoms with Crippen LogP contribution in [0.2, 0.25) is 0 Å². The molecule has 0 radical (unpaired) electrons. The average molecular weight is 227 g/mol. The first-order valence-corrected chi connectivity index (χ1v) is 5.94. The predicted octanol–water partition coefficient (Wildman–Crippen LogP) is 2.74. The third kappa shape index (κ3) is 2.05. The van der Waals surface area contributed by atoms with Crippen LogP contribution in [0.15, 0.2) is 41.7 Å². The summed E-state index contributed by atoms with van der Waals surface area (Å²) in [5.74, 6) is 0. The summed E-state index contributed by atoms with van der Waals surface area (Å²) in [6.07, 6.45) is 3.48. The summed E-state index contributed by atoms with van der Waals surface area (Å²) in [5, 5.41) is 9.69. The lowest BCUT2D eigenvalue weighted by Gasteiger charge is -2.03. The number of benzene rings is 1. The number of thioether (sulfide) groups is 1. The second-order valence-electron chi connectivity index (χ2n) is 3.10. The number of hydrogen-bond acceptors (Lipinski definition) is 4. The fourth-order valence-electron chi connectivity index (χ4n) is 1.36. The van der Waals surface area contributed by atoms with E-state index in [-0.39, 0.29) is 0 Å². The van der Waals surface area contributed by atoms with Gasteiger partial charge in [-0.1, -0.05) is 42.1 Å². The highest BCUT2D eigenvalue weighted by Gasteiger charge is 2.08. The smallest absolute Gasteiger partial charge is 0.187 e. The Bertz CT molecular complexity index is 532. The van der Waals surface area contributed by atoms with Gasteiger partial charge in [0.15, 0.2) is 5.16 Å². The van der Waals surface area contributed by atoms with E-state index in [0.29, 0.717) is 16.4 Å². The van der Waals surface area contributed by atoms with Gasteiger partial charge in [0.05, 0.1) is 11.3 Å². The van der Waals surface area contributed by atoms with Crippen molar-refractivity contribution in [2.24, 2.45) is 0 Å². The first-order valence-electron chi connectivity index (χ1n) is 4.71. The highest BCUT2D eigenvalue weighted by molar-refractivity contribution is 7.98. The van der Waals surface area contributed by atoms with Crippen LogP contribution in [0.5, 0.6) is 0 Å². The van der Waals surface area contributed by atoms with Gasteiger partial charge in [-0.3, -0.25) is 0 Å². The lowest BCUT2D eigenvalue weighted by atomic mass is 10.1. The molecule has 0 saturated heterocycles. The maximum Gasteiger partial charge on any atom is 0.187 e. The van der Waals surface area contributed by atoms with E-state index in [1.54, 1.807) is 6.20 Å². The SMILES string of the molecule is CSc1ncc(C#N)c(-c2ccccc2)n1. The first-order chi connectivity index (χ1) is 7.85. The van der Waals surface area contributed by atoms with E-state index in [9.17, 15) is 0 Å². The zero-order valence-corrected chi connectivity index (χ0v) is 9.53. The number of aromatic nitrogens is 2. The van der Waals surface area contributed by atoms with Gasteiger partial charge < -0.3 is 0 Å². The summed E-state index contributed by atoms with van der Waals surface area (Å²) in [6.45, 7) is 0. The molecular formula is C12H9N3S. The maximum absolute atomic E-state index is 9.01. The van der Waals surface area contributed by atoms with E-state index in [1.807, 2.05) is 36.6 Å². The van der Waals surface area contributed by atoms with Crippen LogP contribution in [0.3, 0.4) is 0 Å². The molecule has 0 fully saturated rings. The zero-order valence-electron chi connectivity index (χ0n) is 8.71. The third-order valence-electron chi connectivity index (χ3n) is 2.12. The van der Waals surface area contributed by atoms with Crippen LogP contribution in [0.1, 0.15) is 5.56 Å². The Morgan fingerprint density at radius 1 is 1.25 bits per heavy atom. The molecule has 4 heteroatoms. The number of nitrogens with zero attached hydrogens (tertiary/aromatic N) is 3. The molecule has 0 bridgehead atoms. The minimum atomic E-state index is 0.504. The van der Waals surface area contributed by atoms with Crippen molar-refractivity contribution in [2.45, 2.75) is 5.16 Å². The normalized spacial score (nSPS) is 9.75. The number of rotatable bonds is 2. The highest BCUT2D eigenvalue weighted by atomic mass is 32.2. The van der Waals surface area contributed by atoms with Crippen molar-refractivity contribution in [2.75, 3.05) is 6.26 Å². The Kier molecular flexibility index (Phi) is 3.18. The minimum Gasteiger partial charge on any atom is -0.230 e. The average Bonchev–Trinajstić information content (AvgIpc) is 2.39. The van der Waals surface area contributed by atoms with E-state index in [0.717, 1.165) is 5.56 Å². The molecule has 0 aliphatic rings. The number of hydrogen-bond donors (Lipinski definition) is 0. The predicted molar refractivity (Wildman–Crippen MR) is 64.0 cm³/mol. The summed E-state index contributed by atoms with van der Waals surface area (Å²) in [5.41, 5.74) is 2.14. The maximum atomic E-state index is 9.01. The van der Waals surface area contributed by atoms with Crippen molar-refractivity contribution in [3.8, 4) is 17.3 Å². The van der Waals surface area contributed by atoms with Crippen molar-refractivity contribution in [3.63, 3.8) is 0 Å². The van der Waals surface area contributed by atoms with Crippen LogP contribution in [-0.4, -0.2) is 16.2 Å². The van der Waals surface area contributed by atoms with Crippen LogP contribution in [0.25, 0.3) is 11.3 Å². The summed E-state index contributed by atoms with van der Waals surface area (Å²) in [4.78, 5) is 8.45. The quantitative estimate of drug-likeness (QED) is 0.584. The Hall–Kier alpha value is -1.86. The van der Waals surface area contributed by atoms with E-state index in [4.69, 9.17) is 5.26 Å². The molecule has 0 atom stereocenters. The van der Waals surface area contributed by atoms with Crippen LogP contribution in [0.4, 0.5) is 0 Å². The number of nitriles is 1. The second-order valence-corrected chi connectivity index (χ2v) is 3.87. The highest BCUT2D eigenvalue weighted by Crippen LogP contribution is 2.22. The van der Waals surface area contributed by atoms with Crippen molar-refractivity contribution < 1.29 is 0 Å². The van der Waals surface area contributed by atoms with Crippen LogP contribution in [0, 0.1) is 11.3 Å². The zero-order chi connectivity index (χ0) is 11.4. The van der Waals surface area contributed by atoms with Gasteiger partial charge in [-0.2, -0.15) is 5.26 Å². The van der Waals surface area contributed by atoms with Crippen molar-refractivity contribution in [1.29, 1.82) is 5.26 Å². The molecule has 0 spiro atoms. The monoisotopic (exact) mass is 227 g/mol. The van der Waals surface area contributed by atoms with E-state index >= 15 is 0 Å². The summed E-state index contributed by atoms with van der Waals surface area (Å²) in [6, 6.07) is 11.8. The van der Waals surface area contributed by atoms with Gasteiger partial charge in [0.1, 0.15) is 6.07 Å². The van der Waals surface area contributed by atoms with Crippen molar-refractivity contribution >= 4 is 11.8 Å². The molecule has 0 aliphatic heterocycles. The van der Waals surface area contributed by atoms with Gasteiger partial charge in [0, 0.05) is 11.8 Å². The molecule has 78 valence electrons. The van der Waals surface area contributed by atoms with Crippen LogP contribution >= 0.6 is 11.8 Å². The molecule has 1 heterocycles. The Balaban J connectivity index is 2.59. The van der Waals surface area contributed by atoms with Gasteiger partial charge in [0.2, 0.25) is 0 Å². The summed E-state index contributed by atoms with van der Waals surface area (Å²) >= 11 is 1.47. The molecule has 1 aromatic heterocycles. The summed E-state index contributed by atoms with van der Waals surface area (Å²) in [7, 11) is 0. The van der Waals surface area contributed by atoms with Gasteiger partial charge in [-0.25, -0.2) is 9.97 Å². The lowest BCUT2D eigenvalue weighted by Crippen LogP contribution is -1.93. The van der Waals surface area contributed by atoms with E-state index in [1.165, 1.54) is 11.8 Å². The van der Waals surface area contributed by atoms with Crippen molar-refractivity contribution in [3.05, 3.63) is 42.1 Å². The van der Waals surface area contributed by atoms with Crippen molar-refractivity contribution in [1.82, 2.24) is 9.97 Å². The molecule has 0 aliphatic carbocycles. The van der Waals surface area contributed by atoms with Gasteiger partial charge in [-0.15, -0.1) is 0 Å². The molecule has 0 amide bonds. The molecular weight excluding hydrogens is 218 g/mol. The Morgan fingerprint density at radius 3 is 2.62 bits per heavy atom. The molecule has 16 heavy (non-hydrogen) atoms. The molecule has 0 saturated carbocycles. The van der Waals surface area contributed by atoms with Crippen LogP contribution in [-0.2, 0) is 0 Å². The standard InChI is InChI=1S/C12H9N3S/c1-16-12-14-8-10(7-13)11(15-12)9-5-3-2-4-6-9/h2-6,8H,1H3. The van der Waals surface area contributed by atoms with Gasteiger partial charge in [-0.05, 0) is 6.26 Å². The fraction of sp³-hybridized carbons (Fsp3) is 0.0833. The largest absolute Gasteiger partial charge is 0.230 e. The molecule has 3 nitrogen and oxygen atoms in total. The van der Waals surface area contributed by atoms with Crippen LogP contribution < -0.4 is 0 Å². The van der Waals surface area contributed by atoms with E-state index < -0.39 is 0 Å². The Morgan fingerprint density at radius 2 is 2.00 bits per heavy atom. The third-order valence-corrected chi connectivity index (χ3v) is 2.68. The minimum absolute atomic E-state index is 0.504. The topological polar surface area (TPSA) is 49.6 Å². The Labute approximate surface area is 98.2 Å². The molecule has 2 aromatic rings. The molecule has 2 rings (SSSR count). The molecule has 1 aromatic carbocycles. The molecule has 0 N–H and O–H groups in total. The fourth-order valence-corrected chi connectivity index (χ4v) is 1.70. The summed E-state index contributed by atoms with van der Waals surface area (Å²) < 4.78 is 0. The van der Waals surface area contributed by atoms with Gasteiger partial charge in [0.25, 0.3) is 0 Å². The first kappa shape index (κ1) is 10.7. The van der Waals surface area contributed by atoms with E-state index in [2.05, 4.69) is 16.0 Å². The molecule has 0 unspecified atom stereocenters.